The van der Waals surface area contributed by atoms with E-state index in [1.165, 1.54) is 11.8 Å². The van der Waals surface area contributed by atoms with E-state index in [0.717, 1.165) is 27.2 Å². The smallest absolute Gasteiger partial charge is 0.285 e. The lowest BCUT2D eigenvalue weighted by Gasteiger charge is -2.08. The van der Waals surface area contributed by atoms with Crippen molar-refractivity contribution in [2.24, 2.45) is 0 Å². The minimum absolute atomic E-state index is 0.00612. The van der Waals surface area contributed by atoms with Crippen LogP contribution in [0.1, 0.15) is 0 Å². The predicted octanol–water partition coefficient (Wildman–Crippen LogP) is 4.27. The Morgan fingerprint density at radius 3 is 2.81 bits per heavy atom. The number of amides is 1. The second-order valence-corrected chi connectivity index (χ2v) is 5.84. The Balaban J connectivity index is 1.94. The number of hydrogen-bond acceptors (Lipinski definition) is 4. The number of fused-ring (bicyclic) bond motifs is 1. The fourth-order valence-corrected chi connectivity index (χ4v) is 2.60. The van der Waals surface area contributed by atoms with Crippen LogP contribution < -0.4 is 0 Å². The summed E-state index contributed by atoms with van der Waals surface area (Å²) in [4.78, 5) is 18.2. The molecule has 0 spiro atoms. The van der Waals surface area contributed by atoms with E-state index in [2.05, 4.69) is 4.98 Å². The van der Waals surface area contributed by atoms with Crippen LogP contribution in [0.4, 0.5) is 4.79 Å². The van der Waals surface area contributed by atoms with Gasteiger partial charge in [-0.3, -0.25) is 9.78 Å². The van der Waals surface area contributed by atoms with Gasteiger partial charge in [0.25, 0.3) is 5.24 Å². The molecule has 2 heterocycles. The van der Waals surface area contributed by atoms with Gasteiger partial charge in [-0.15, -0.1) is 0 Å². The third-order valence-electron chi connectivity index (χ3n) is 3.01. The van der Waals surface area contributed by atoms with Crippen LogP contribution in [-0.4, -0.2) is 29.2 Å². The Labute approximate surface area is 126 Å². The molecule has 0 aliphatic rings. The molecule has 5 heteroatoms. The number of carbonyl (C=O) groups is 1. The number of thioether (sulfide) groups is 1. The first-order chi connectivity index (χ1) is 10.1. The number of rotatable bonds is 2. The van der Waals surface area contributed by atoms with Crippen LogP contribution in [0.2, 0.25) is 0 Å². The Kier molecular flexibility index (Phi) is 3.66. The lowest BCUT2D eigenvalue weighted by Crippen LogP contribution is -2.15. The third kappa shape index (κ3) is 2.92. The fourth-order valence-electron chi connectivity index (χ4n) is 1.92. The number of nitrogens with zero attached hydrogens (tertiary/aromatic N) is 2. The van der Waals surface area contributed by atoms with Gasteiger partial charge < -0.3 is 9.32 Å². The average Bonchev–Trinajstić information content (AvgIpc) is 2.91. The summed E-state index contributed by atoms with van der Waals surface area (Å²) in [5.41, 5.74) is 1.71. The van der Waals surface area contributed by atoms with Gasteiger partial charge in [-0.05, 0) is 48.2 Å². The quantitative estimate of drug-likeness (QED) is 0.663. The molecular weight excluding hydrogens is 284 g/mol. The molecule has 0 N–H and O–H groups in total. The van der Waals surface area contributed by atoms with Crippen molar-refractivity contribution in [3.63, 3.8) is 0 Å². The van der Waals surface area contributed by atoms with Crippen LogP contribution in [0.5, 0.6) is 0 Å². The van der Waals surface area contributed by atoms with E-state index in [9.17, 15) is 4.79 Å². The number of carbonyl (C=O) groups excluding carboxylic acids is 1. The number of aromatic nitrogens is 1. The second-order valence-electron chi connectivity index (χ2n) is 4.81. The molecule has 0 fully saturated rings. The van der Waals surface area contributed by atoms with E-state index in [0.29, 0.717) is 0 Å². The summed E-state index contributed by atoms with van der Waals surface area (Å²) in [6.45, 7) is 0. The third-order valence-corrected chi connectivity index (χ3v) is 4.04. The van der Waals surface area contributed by atoms with Crippen molar-refractivity contribution in [3.8, 4) is 11.3 Å². The van der Waals surface area contributed by atoms with Crippen LogP contribution in [0, 0.1) is 0 Å². The molecule has 3 rings (SSSR count). The van der Waals surface area contributed by atoms with E-state index in [-0.39, 0.29) is 5.24 Å². The number of benzene rings is 1. The highest BCUT2D eigenvalue weighted by Crippen LogP contribution is 2.31. The molecule has 1 amide bonds. The first kappa shape index (κ1) is 13.7. The molecule has 1 aromatic carbocycles. The van der Waals surface area contributed by atoms with Gasteiger partial charge in [0, 0.05) is 42.3 Å². The SMILES string of the molecule is CN(C)C(=O)Sc1ccc2cc(-c3cccnc3)oc2c1. The molecule has 2 aromatic heterocycles. The Bertz CT molecular complexity index is 781. The van der Waals surface area contributed by atoms with Crippen molar-refractivity contribution in [1.29, 1.82) is 0 Å². The second kappa shape index (κ2) is 5.61. The molecule has 0 aliphatic carbocycles. The average molecular weight is 298 g/mol. The number of hydrogen-bond donors (Lipinski definition) is 0. The maximum atomic E-state index is 11.7. The summed E-state index contributed by atoms with van der Waals surface area (Å²) in [6, 6.07) is 11.6. The van der Waals surface area contributed by atoms with Gasteiger partial charge in [-0.25, -0.2) is 0 Å². The molecule has 0 bridgehead atoms. The summed E-state index contributed by atoms with van der Waals surface area (Å²) < 4.78 is 5.86. The molecule has 0 saturated carbocycles. The van der Waals surface area contributed by atoms with Gasteiger partial charge in [0.2, 0.25) is 0 Å². The summed E-state index contributed by atoms with van der Waals surface area (Å²) in [5, 5.41) is 1.00. The van der Waals surface area contributed by atoms with Gasteiger partial charge in [0.1, 0.15) is 11.3 Å². The highest BCUT2D eigenvalue weighted by Gasteiger charge is 2.10. The first-order valence-electron chi connectivity index (χ1n) is 6.46. The van der Waals surface area contributed by atoms with Crippen molar-refractivity contribution in [1.82, 2.24) is 9.88 Å². The van der Waals surface area contributed by atoms with Gasteiger partial charge in [0.15, 0.2) is 0 Å². The van der Waals surface area contributed by atoms with E-state index in [4.69, 9.17) is 4.42 Å². The van der Waals surface area contributed by atoms with Crippen LogP contribution in [0.25, 0.3) is 22.3 Å². The summed E-state index contributed by atoms with van der Waals surface area (Å²) >= 11 is 1.19. The van der Waals surface area contributed by atoms with E-state index in [1.807, 2.05) is 36.4 Å². The molecule has 3 aromatic rings. The van der Waals surface area contributed by atoms with Crippen molar-refractivity contribution >= 4 is 28.0 Å². The number of furan rings is 1. The molecule has 0 unspecified atom stereocenters. The molecular formula is C16H14N2O2S. The van der Waals surface area contributed by atoms with Crippen LogP contribution in [-0.2, 0) is 0 Å². The van der Waals surface area contributed by atoms with Crippen molar-refractivity contribution < 1.29 is 9.21 Å². The molecule has 0 radical (unpaired) electrons. The zero-order valence-electron chi connectivity index (χ0n) is 11.7. The van der Waals surface area contributed by atoms with Crippen LogP contribution in [0.3, 0.4) is 0 Å². The van der Waals surface area contributed by atoms with E-state index >= 15 is 0 Å². The Morgan fingerprint density at radius 2 is 2.10 bits per heavy atom. The largest absolute Gasteiger partial charge is 0.456 e. The summed E-state index contributed by atoms with van der Waals surface area (Å²) in [6.07, 6.45) is 3.50. The lowest BCUT2D eigenvalue weighted by molar-refractivity contribution is 0.241. The number of pyridine rings is 1. The maximum Gasteiger partial charge on any atom is 0.285 e. The topological polar surface area (TPSA) is 46.3 Å². The highest BCUT2D eigenvalue weighted by molar-refractivity contribution is 8.13. The zero-order chi connectivity index (χ0) is 14.8. The standard InChI is InChI=1S/C16H14N2O2S/c1-18(2)16(19)21-13-6-5-11-8-14(20-15(11)9-13)12-4-3-7-17-10-12/h3-10H,1-2H3. The highest BCUT2D eigenvalue weighted by atomic mass is 32.2. The van der Waals surface area contributed by atoms with Gasteiger partial charge in [0.05, 0.1) is 0 Å². The first-order valence-corrected chi connectivity index (χ1v) is 7.28. The molecule has 21 heavy (non-hydrogen) atoms. The Hall–Kier alpha value is -2.27. The van der Waals surface area contributed by atoms with Crippen molar-refractivity contribution in [3.05, 3.63) is 48.8 Å². The lowest BCUT2D eigenvalue weighted by atomic mass is 10.2. The van der Waals surface area contributed by atoms with E-state index in [1.54, 1.807) is 31.4 Å². The van der Waals surface area contributed by atoms with Crippen molar-refractivity contribution in [2.45, 2.75) is 4.90 Å². The van der Waals surface area contributed by atoms with Crippen molar-refractivity contribution in [2.75, 3.05) is 14.1 Å². The monoisotopic (exact) mass is 298 g/mol. The minimum Gasteiger partial charge on any atom is -0.456 e. The molecule has 0 aliphatic heterocycles. The van der Waals surface area contributed by atoms with Gasteiger partial charge in [-0.1, -0.05) is 0 Å². The predicted molar refractivity (Wildman–Crippen MR) is 84.4 cm³/mol. The maximum absolute atomic E-state index is 11.7. The summed E-state index contributed by atoms with van der Waals surface area (Å²) in [7, 11) is 3.47. The van der Waals surface area contributed by atoms with Crippen LogP contribution in [0.15, 0.2) is 58.1 Å². The molecule has 106 valence electrons. The van der Waals surface area contributed by atoms with Gasteiger partial charge >= 0.3 is 0 Å². The normalized spacial score (nSPS) is 10.8. The zero-order valence-corrected chi connectivity index (χ0v) is 12.6. The van der Waals surface area contributed by atoms with E-state index < -0.39 is 0 Å². The molecule has 4 nitrogen and oxygen atoms in total. The Morgan fingerprint density at radius 1 is 1.24 bits per heavy atom. The molecule has 0 saturated heterocycles. The minimum atomic E-state index is -0.00612. The van der Waals surface area contributed by atoms with Crippen LogP contribution >= 0.6 is 11.8 Å². The fraction of sp³-hybridized carbons (Fsp3) is 0.125. The molecule has 0 atom stereocenters. The van der Waals surface area contributed by atoms with Gasteiger partial charge in [-0.2, -0.15) is 0 Å². The summed E-state index contributed by atoms with van der Waals surface area (Å²) in [5.74, 6) is 0.777.